The Labute approximate surface area is 158 Å². The van der Waals surface area contributed by atoms with Gasteiger partial charge < -0.3 is 10.1 Å². The zero-order chi connectivity index (χ0) is 19.1. The number of nitriles is 1. The molecular weight excluding hydrogens is 340 g/mol. The Morgan fingerprint density at radius 2 is 1.89 bits per heavy atom. The summed E-state index contributed by atoms with van der Waals surface area (Å²) in [6.45, 7) is 2.85. The first-order chi connectivity index (χ1) is 13.1. The van der Waals surface area contributed by atoms with Crippen molar-refractivity contribution in [2.75, 3.05) is 0 Å². The minimum absolute atomic E-state index is 0.194. The van der Waals surface area contributed by atoms with Gasteiger partial charge in [0.05, 0.1) is 18.2 Å². The number of carbonyl (C=O) groups excluding carboxylic acids is 1. The topological polar surface area (TPSA) is 79.9 Å². The van der Waals surface area contributed by atoms with Crippen molar-refractivity contribution < 1.29 is 9.53 Å². The maximum atomic E-state index is 12.2. The van der Waals surface area contributed by atoms with Crippen LogP contribution >= 0.6 is 0 Å². The van der Waals surface area contributed by atoms with Gasteiger partial charge in [-0.25, -0.2) is 0 Å². The Kier molecular flexibility index (Phi) is 5.85. The molecule has 3 aromatic rings. The number of rotatable bonds is 7. The Hall–Kier alpha value is -3.59. The molecule has 0 aliphatic carbocycles. The molecule has 0 fully saturated rings. The molecule has 136 valence electrons. The van der Waals surface area contributed by atoms with E-state index in [4.69, 9.17) is 10.00 Å². The molecule has 1 N–H and O–H groups in total. The number of aromatic nitrogens is 2. The molecule has 0 saturated heterocycles. The van der Waals surface area contributed by atoms with Crippen LogP contribution in [-0.4, -0.2) is 21.8 Å². The zero-order valence-electron chi connectivity index (χ0n) is 15.0. The van der Waals surface area contributed by atoms with Gasteiger partial charge in [-0.3, -0.25) is 9.48 Å². The van der Waals surface area contributed by atoms with Crippen molar-refractivity contribution >= 4 is 5.91 Å². The van der Waals surface area contributed by atoms with E-state index in [2.05, 4.69) is 10.4 Å². The van der Waals surface area contributed by atoms with Crippen molar-refractivity contribution in [3.63, 3.8) is 0 Å². The first-order valence-electron chi connectivity index (χ1n) is 8.64. The van der Waals surface area contributed by atoms with Crippen molar-refractivity contribution in [2.45, 2.75) is 26.1 Å². The van der Waals surface area contributed by atoms with E-state index in [0.29, 0.717) is 17.9 Å². The van der Waals surface area contributed by atoms with E-state index in [9.17, 15) is 4.79 Å². The highest BCUT2D eigenvalue weighted by molar-refractivity contribution is 5.80. The Morgan fingerprint density at radius 3 is 2.52 bits per heavy atom. The summed E-state index contributed by atoms with van der Waals surface area (Å²) in [5, 5.41) is 15.9. The molecule has 1 atom stereocenters. The summed E-state index contributed by atoms with van der Waals surface area (Å²) in [5.41, 5.74) is 2.71. The molecule has 0 unspecified atom stereocenters. The number of hydrogen-bond acceptors (Lipinski definition) is 4. The highest BCUT2D eigenvalue weighted by Crippen LogP contribution is 2.13. The third-order valence-electron chi connectivity index (χ3n) is 4.06. The van der Waals surface area contributed by atoms with E-state index >= 15 is 0 Å². The van der Waals surface area contributed by atoms with Crippen LogP contribution < -0.4 is 10.1 Å². The highest BCUT2D eigenvalue weighted by atomic mass is 16.5. The maximum Gasteiger partial charge on any atom is 0.261 e. The molecule has 1 aromatic heterocycles. The number of nitrogens with zero attached hydrogens (tertiary/aromatic N) is 3. The van der Waals surface area contributed by atoms with Crippen LogP contribution in [0.25, 0.3) is 0 Å². The number of ether oxygens (including phenoxy) is 1. The van der Waals surface area contributed by atoms with Crippen LogP contribution in [0.15, 0.2) is 67.0 Å². The first-order valence-corrected chi connectivity index (χ1v) is 8.64. The summed E-state index contributed by atoms with van der Waals surface area (Å²) < 4.78 is 7.47. The monoisotopic (exact) mass is 360 g/mol. The molecule has 0 radical (unpaired) electrons. The lowest BCUT2D eigenvalue weighted by atomic mass is 10.1. The number of benzene rings is 2. The van der Waals surface area contributed by atoms with E-state index in [1.165, 1.54) is 0 Å². The fraction of sp³-hybridized carbons (Fsp3) is 0.190. The van der Waals surface area contributed by atoms with Crippen LogP contribution in [0.1, 0.15) is 23.6 Å². The summed E-state index contributed by atoms with van der Waals surface area (Å²) in [4.78, 5) is 12.2. The highest BCUT2D eigenvalue weighted by Gasteiger charge is 2.14. The molecular formula is C21H20N4O2. The Morgan fingerprint density at radius 1 is 1.19 bits per heavy atom. The van der Waals surface area contributed by atoms with Gasteiger partial charge in [0.25, 0.3) is 5.91 Å². The predicted molar refractivity (Wildman–Crippen MR) is 101 cm³/mol. The standard InChI is InChI=1S/C21H20N4O2/c1-16(27-20-9-7-17(13-22)8-10-20)21(26)23-14-18-3-5-19(6-4-18)15-25-12-2-11-24-25/h2-12,16H,14-15H2,1H3,(H,23,26)/t16-/m0/s1. The summed E-state index contributed by atoms with van der Waals surface area (Å²) in [7, 11) is 0. The fourth-order valence-electron chi connectivity index (χ4n) is 2.54. The zero-order valence-corrected chi connectivity index (χ0v) is 15.0. The second-order valence-corrected chi connectivity index (χ2v) is 6.13. The van der Waals surface area contributed by atoms with E-state index in [1.807, 2.05) is 47.3 Å². The molecule has 2 aromatic carbocycles. The number of amides is 1. The van der Waals surface area contributed by atoms with Crippen molar-refractivity contribution in [1.82, 2.24) is 15.1 Å². The third-order valence-corrected chi connectivity index (χ3v) is 4.06. The summed E-state index contributed by atoms with van der Waals surface area (Å²) in [6.07, 6.45) is 3.05. The maximum absolute atomic E-state index is 12.2. The molecule has 0 bridgehead atoms. The lowest BCUT2D eigenvalue weighted by Crippen LogP contribution is -2.35. The second kappa shape index (κ2) is 8.68. The van der Waals surface area contributed by atoms with Crippen molar-refractivity contribution in [3.05, 3.63) is 83.7 Å². The van der Waals surface area contributed by atoms with Gasteiger partial charge in [0, 0.05) is 18.9 Å². The first kappa shape index (κ1) is 18.2. The minimum atomic E-state index is -0.628. The van der Waals surface area contributed by atoms with E-state index in [-0.39, 0.29) is 5.91 Å². The molecule has 0 spiro atoms. The molecule has 27 heavy (non-hydrogen) atoms. The summed E-state index contributed by atoms with van der Waals surface area (Å²) in [6, 6.07) is 18.7. The van der Waals surface area contributed by atoms with Crippen LogP contribution in [0.4, 0.5) is 0 Å². The lowest BCUT2D eigenvalue weighted by Gasteiger charge is -2.15. The van der Waals surface area contributed by atoms with Gasteiger partial charge in [0.2, 0.25) is 0 Å². The molecule has 1 amide bonds. The van der Waals surface area contributed by atoms with Crippen LogP contribution in [0, 0.1) is 11.3 Å². The van der Waals surface area contributed by atoms with Gasteiger partial charge in [0.15, 0.2) is 6.10 Å². The quantitative estimate of drug-likeness (QED) is 0.703. The van der Waals surface area contributed by atoms with Gasteiger partial charge in [0.1, 0.15) is 5.75 Å². The number of nitrogens with one attached hydrogen (secondary N) is 1. The van der Waals surface area contributed by atoms with E-state index in [1.54, 1.807) is 37.4 Å². The molecule has 3 rings (SSSR count). The van der Waals surface area contributed by atoms with Crippen molar-refractivity contribution in [1.29, 1.82) is 5.26 Å². The SMILES string of the molecule is C[C@H](Oc1ccc(C#N)cc1)C(=O)NCc1ccc(Cn2cccn2)cc1. The van der Waals surface area contributed by atoms with Gasteiger partial charge in [-0.05, 0) is 48.4 Å². The number of hydrogen-bond donors (Lipinski definition) is 1. The number of carbonyl (C=O) groups is 1. The molecule has 0 saturated carbocycles. The minimum Gasteiger partial charge on any atom is -0.481 e. The summed E-state index contributed by atoms with van der Waals surface area (Å²) >= 11 is 0. The van der Waals surface area contributed by atoms with Gasteiger partial charge in [-0.1, -0.05) is 24.3 Å². The van der Waals surface area contributed by atoms with E-state index in [0.717, 1.165) is 17.7 Å². The van der Waals surface area contributed by atoms with Crippen molar-refractivity contribution in [3.8, 4) is 11.8 Å². The van der Waals surface area contributed by atoms with Crippen LogP contribution in [0.2, 0.25) is 0 Å². The van der Waals surface area contributed by atoms with Crippen molar-refractivity contribution in [2.24, 2.45) is 0 Å². The van der Waals surface area contributed by atoms with Gasteiger partial charge in [-0.2, -0.15) is 10.4 Å². The largest absolute Gasteiger partial charge is 0.481 e. The molecule has 0 aliphatic rings. The molecule has 0 aliphatic heterocycles. The van der Waals surface area contributed by atoms with Crippen LogP contribution in [0.5, 0.6) is 5.75 Å². The smallest absolute Gasteiger partial charge is 0.261 e. The third kappa shape index (κ3) is 5.19. The lowest BCUT2D eigenvalue weighted by molar-refractivity contribution is -0.127. The normalized spacial score (nSPS) is 11.4. The van der Waals surface area contributed by atoms with E-state index < -0.39 is 6.10 Å². The average molecular weight is 360 g/mol. The molecule has 6 nitrogen and oxygen atoms in total. The van der Waals surface area contributed by atoms with Crippen LogP contribution in [-0.2, 0) is 17.9 Å². The van der Waals surface area contributed by atoms with Crippen LogP contribution in [0.3, 0.4) is 0 Å². The fourth-order valence-corrected chi connectivity index (χ4v) is 2.54. The average Bonchev–Trinajstić information content (AvgIpc) is 3.21. The Balaban J connectivity index is 1.48. The van der Waals surface area contributed by atoms with Gasteiger partial charge in [-0.15, -0.1) is 0 Å². The van der Waals surface area contributed by atoms with Gasteiger partial charge >= 0.3 is 0 Å². The summed E-state index contributed by atoms with van der Waals surface area (Å²) in [5.74, 6) is 0.361. The predicted octanol–water partition coefficient (Wildman–Crippen LogP) is 2.89. The second-order valence-electron chi connectivity index (χ2n) is 6.13. The molecule has 6 heteroatoms. The molecule has 1 heterocycles. The Bertz CT molecular complexity index is 910.